The van der Waals surface area contributed by atoms with Crippen LogP contribution >= 0.6 is 0 Å². The van der Waals surface area contributed by atoms with Crippen LogP contribution in [0.25, 0.3) is 0 Å². The number of rotatable bonds is 3. The number of carbonyl (C=O) groups is 1. The Balaban J connectivity index is 2.14. The van der Waals surface area contributed by atoms with Gasteiger partial charge in [-0.2, -0.15) is 0 Å². The van der Waals surface area contributed by atoms with Crippen molar-refractivity contribution < 1.29 is 4.79 Å². The van der Waals surface area contributed by atoms with Gasteiger partial charge >= 0.3 is 0 Å². The van der Waals surface area contributed by atoms with E-state index in [2.05, 4.69) is 10.6 Å². The Hall–Kier alpha value is -1.55. The number of piperidine rings is 1. The van der Waals surface area contributed by atoms with E-state index in [-0.39, 0.29) is 5.91 Å². The van der Waals surface area contributed by atoms with E-state index in [0.29, 0.717) is 0 Å². The second kappa shape index (κ2) is 5.61. The molecule has 0 saturated carbocycles. The number of anilines is 2. The van der Waals surface area contributed by atoms with Crippen LogP contribution in [-0.2, 0) is 4.79 Å². The van der Waals surface area contributed by atoms with Gasteiger partial charge in [0.1, 0.15) is 0 Å². The van der Waals surface area contributed by atoms with Gasteiger partial charge in [0.15, 0.2) is 0 Å². The number of hydrogen-bond acceptors (Lipinski definition) is 3. The zero-order valence-electron chi connectivity index (χ0n) is 12.0. The molecule has 1 saturated heterocycles. The van der Waals surface area contributed by atoms with Crippen molar-refractivity contribution in [3.05, 3.63) is 24.3 Å². The average molecular weight is 261 g/mol. The number of nitrogens with zero attached hydrogens (tertiary/aromatic N) is 1. The zero-order valence-corrected chi connectivity index (χ0v) is 12.0. The fourth-order valence-electron chi connectivity index (χ4n) is 2.48. The third-order valence-electron chi connectivity index (χ3n) is 3.75. The van der Waals surface area contributed by atoms with Gasteiger partial charge in [0.25, 0.3) is 0 Å². The summed E-state index contributed by atoms with van der Waals surface area (Å²) in [5.74, 6) is 0.0569. The van der Waals surface area contributed by atoms with E-state index >= 15 is 0 Å². The van der Waals surface area contributed by atoms with Crippen molar-refractivity contribution in [3.8, 4) is 0 Å². The van der Waals surface area contributed by atoms with Crippen molar-refractivity contribution >= 4 is 17.3 Å². The molecule has 1 fully saturated rings. The van der Waals surface area contributed by atoms with E-state index in [1.165, 1.54) is 0 Å². The quantitative estimate of drug-likeness (QED) is 0.877. The molecule has 1 aromatic carbocycles. The standard InChI is InChI=1S/C15H23N3O/c1-15(10-6-7-11-16-15)14(19)17-12-8-4-5-9-13(12)18(2)3/h4-5,8-9,16H,6-7,10-11H2,1-3H3,(H,17,19). The van der Waals surface area contributed by atoms with Crippen LogP contribution in [0.3, 0.4) is 0 Å². The number of hydrogen-bond donors (Lipinski definition) is 2. The number of carbonyl (C=O) groups excluding carboxylic acids is 1. The van der Waals surface area contributed by atoms with Crippen molar-refractivity contribution in [1.29, 1.82) is 0 Å². The van der Waals surface area contributed by atoms with E-state index in [0.717, 1.165) is 37.2 Å². The van der Waals surface area contributed by atoms with Crippen LogP contribution in [-0.4, -0.2) is 32.1 Å². The van der Waals surface area contributed by atoms with E-state index in [4.69, 9.17) is 0 Å². The second-order valence-corrected chi connectivity index (χ2v) is 5.58. The number of benzene rings is 1. The molecule has 1 aliphatic rings. The Kier molecular flexibility index (Phi) is 4.10. The van der Waals surface area contributed by atoms with E-state index < -0.39 is 5.54 Å². The normalized spacial score (nSPS) is 22.9. The Labute approximate surface area is 115 Å². The van der Waals surface area contributed by atoms with Crippen molar-refractivity contribution in [2.24, 2.45) is 0 Å². The number of nitrogens with one attached hydrogen (secondary N) is 2. The van der Waals surface area contributed by atoms with Crippen LogP contribution < -0.4 is 15.5 Å². The minimum absolute atomic E-state index is 0.0569. The second-order valence-electron chi connectivity index (χ2n) is 5.58. The van der Waals surface area contributed by atoms with E-state index in [1.807, 2.05) is 50.2 Å². The Morgan fingerprint density at radius 3 is 2.68 bits per heavy atom. The Bertz CT molecular complexity index is 450. The van der Waals surface area contributed by atoms with Gasteiger partial charge in [0.05, 0.1) is 16.9 Å². The van der Waals surface area contributed by atoms with Crippen LogP contribution in [0.2, 0.25) is 0 Å². The van der Waals surface area contributed by atoms with Crippen molar-refractivity contribution in [2.45, 2.75) is 31.7 Å². The van der Waals surface area contributed by atoms with Crippen molar-refractivity contribution in [2.75, 3.05) is 30.9 Å². The first-order valence-electron chi connectivity index (χ1n) is 6.86. The molecule has 0 radical (unpaired) electrons. The van der Waals surface area contributed by atoms with Gasteiger partial charge in [0.2, 0.25) is 5.91 Å². The summed E-state index contributed by atoms with van der Waals surface area (Å²) in [5, 5.41) is 6.40. The topological polar surface area (TPSA) is 44.4 Å². The van der Waals surface area contributed by atoms with Crippen LogP contribution in [0.5, 0.6) is 0 Å². The third-order valence-corrected chi connectivity index (χ3v) is 3.75. The maximum atomic E-state index is 12.5. The summed E-state index contributed by atoms with van der Waals surface area (Å²) in [6, 6.07) is 7.87. The molecule has 19 heavy (non-hydrogen) atoms. The predicted molar refractivity (Wildman–Crippen MR) is 79.7 cm³/mol. The van der Waals surface area contributed by atoms with Crippen molar-refractivity contribution in [1.82, 2.24) is 5.32 Å². The summed E-state index contributed by atoms with van der Waals surface area (Å²) in [6.45, 7) is 2.90. The fourth-order valence-corrected chi connectivity index (χ4v) is 2.48. The smallest absolute Gasteiger partial charge is 0.244 e. The molecule has 2 rings (SSSR count). The molecular formula is C15H23N3O. The number of amides is 1. The van der Waals surface area contributed by atoms with Crippen LogP contribution in [0.1, 0.15) is 26.2 Å². The Morgan fingerprint density at radius 1 is 1.32 bits per heavy atom. The molecule has 1 aromatic rings. The minimum Gasteiger partial charge on any atom is -0.376 e. The first kappa shape index (κ1) is 13.9. The molecule has 1 heterocycles. The molecule has 0 bridgehead atoms. The molecular weight excluding hydrogens is 238 g/mol. The number of para-hydroxylation sites is 2. The molecule has 0 aromatic heterocycles. The summed E-state index contributed by atoms with van der Waals surface area (Å²) in [4.78, 5) is 14.5. The van der Waals surface area contributed by atoms with Crippen LogP contribution in [0.15, 0.2) is 24.3 Å². The highest BCUT2D eigenvalue weighted by Gasteiger charge is 2.34. The van der Waals surface area contributed by atoms with E-state index in [1.54, 1.807) is 0 Å². The lowest BCUT2D eigenvalue weighted by Gasteiger charge is -2.33. The summed E-state index contributed by atoms with van der Waals surface area (Å²) >= 11 is 0. The first-order valence-corrected chi connectivity index (χ1v) is 6.86. The maximum absolute atomic E-state index is 12.5. The molecule has 104 valence electrons. The molecule has 1 aliphatic heterocycles. The highest BCUT2D eigenvalue weighted by molar-refractivity contribution is 6.00. The molecule has 2 N–H and O–H groups in total. The highest BCUT2D eigenvalue weighted by atomic mass is 16.2. The molecule has 1 atom stereocenters. The van der Waals surface area contributed by atoms with Gasteiger partial charge in [-0.05, 0) is 44.9 Å². The van der Waals surface area contributed by atoms with E-state index in [9.17, 15) is 4.79 Å². The maximum Gasteiger partial charge on any atom is 0.244 e. The monoisotopic (exact) mass is 261 g/mol. The summed E-state index contributed by atoms with van der Waals surface area (Å²) < 4.78 is 0. The van der Waals surface area contributed by atoms with Gasteiger partial charge in [-0.1, -0.05) is 12.1 Å². The highest BCUT2D eigenvalue weighted by Crippen LogP contribution is 2.26. The van der Waals surface area contributed by atoms with Crippen LogP contribution in [0.4, 0.5) is 11.4 Å². The molecule has 4 nitrogen and oxygen atoms in total. The lowest BCUT2D eigenvalue weighted by molar-refractivity contribution is -0.122. The van der Waals surface area contributed by atoms with Crippen molar-refractivity contribution in [3.63, 3.8) is 0 Å². The van der Waals surface area contributed by atoms with Gasteiger partial charge in [-0.15, -0.1) is 0 Å². The largest absolute Gasteiger partial charge is 0.376 e. The summed E-state index contributed by atoms with van der Waals surface area (Å²) in [7, 11) is 3.96. The average Bonchev–Trinajstić information content (AvgIpc) is 2.40. The minimum atomic E-state index is -0.447. The molecule has 4 heteroatoms. The lowest BCUT2D eigenvalue weighted by atomic mass is 9.90. The zero-order chi connectivity index (χ0) is 13.9. The molecule has 1 amide bonds. The van der Waals surface area contributed by atoms with Gasteiger partial charge < -0.3 is 15.5 Å². The first-order chi connectivity index (χ1) is 9.03. The van der Waals surface area contributed by atoms with Gasteiger partial charge in [0, 0.05) is 14.1 Å². The molecule has 0 aliphatic carbocycles. The molecule has 0 spiro atoms. The fraction of sp³-hybridized carbons (Fsp3) is 0.533. The predicted octanol–water partition coefficient (Wildman–Crippen LogP) is 2.22. The SMILES string of the molecule is CN(C)c1ccccc1NC(=O)C1(C)CCCCN1. The van der Waals surface area contributed by atoms with Gasteiger partial charge in [-0.25, -0.2) is 0 Å². The van der Waals surface area contributed by atoms with Crippen LogP contribution in [0, 0.1) is 0 Å². The summed E-state index contributed by atoms with van der Waals surface area (Å²) in [6.07, 6.45) is 3.15. The van der Waals surface area contributed by atoms with Gasteiger partial charge in [-0.3, -0.25) is 4.79 Å². The molecule has 1 unspecified atom stereocenters. The Morgan fingerprint density at radius 2 is 2.05 bits per heavy atom. The summed E-state index contributed by atoms with van der Waals surface area (Å²) in [5.41, 5.74) is 1.44. The lowest BCUT2D eigenvalue weighted by Crippen LogP contribution is -2.54. The third kappa shape index (κ3) is 3.07.